The molecule has 0 bridgehead atoms. The van der Waals surface area contributed by atoms with Crippen LogP contribution in [-0.4, -0.2) is 43.6 Å². The van der Waals surface area contributed by atoms with E-state index >= 15 is 0 Å². The number of benzene rings is 2. The van der Waals surface area contributed by atoms with Gasteiger partial charge in [-0.3, -0.25) is 19.6 Å². The third kappa shape index (κ3) is 3.66. The lowest BCUT2D eigenvalue weighted by Gasteiger charge is -2.13. The molecule has 0 saturated heterocycles. The van der Waals surface area contributed by atoms with E-state index in [0.29, 0.717) is 22.5 Å². The van der Waals surface area contributed by atoms with Crippen molar-refractivity contribution in [3.8, 4) is 28.3 Å². The summed E-state index contributed by atoms with van der Waals surface area (Å²) in [5.41, 5.74) is 2.42. The second-order valence-electron chi connectivity index (χ2n) is 6.43. The lowest BCUT2D eigenvalue weighted by molar-refractivity contribution is -0.135. The lowest BCUT2D eigenvalue weighted by atomic mass is 10.0. The van der Waals surface area contributed by atoms with Crippen LogP contribution in [0.4, 0.5) is 0 Å². The van der Waals surface area contributed by atoms with Crippen molar-refractivity contribution in [2.75, 3.05) is 6.54 Å². The van der Waals surface area contributed by atoms with Crippen molar-refractivity contribution in [3.63, 3.8) is 0 Å². The van der Waals surface area contributed by atoms with Crippen molar-refractivity contribution in [1.82, 2.24) is 20.3 Å². The average molecular weight is 400 g/mol. The zero-order chi connectivity index (χ0) is 21.1. The molecule has 30 heavy (non-hydrogen) atoms. The molecule has 0 fully saturated rings. The Bertz CT molecular complexity index is 1240. The molecule has 0 spiro atoms. The number of aliphatic carboxylic acids is 1. The van der Waals surface area contributed by atoms with Gasteiger partial charge in [0, 0.05) is 17.3 Å². The average Bonchev–Trinajstić information content (AvgIpc) is 2.78. The predicted octanol–water partition coefficient (Wildman–Crippen LogP) is 2.88. The van der Waals surface area contributed by atoms with E-state index in [1.54, 1.807) is 36.7 Å². The van der Waals surface area contributed by atoms with Gasteiger partial charge in [-0.05, 0) is 18.2 Å². The maximum Gasteiger partial charge on any atom is 0.322 e. The highest BCUT2D eigenvalue weighted by Gasteiger charge is 2.23. The molecule has 2 aromatic heterocycles. The van der Waals surface area contributed by atoms with Gasteiger partial charge in [0.1, 0.15) is 23.4 Å². The highest BCUT2D eigenvalue weighted by atomic mass is 16.4. The van der Waals surface area contributed by atoms with Crippen LogP contribution in [-0.2, 0) is 4.79 Å². The highest BCUT2D eigenvalue weighted by Crippen LogP contribution is 2.36. The van der Waals surface area contributed by atoms with Gasteiger partial charge in [0.05, 0.1) is 23.1 Å². The number of phenolic OH excluding ortho intramolecular Hbond substituents is 1. The van der Waals surface area contributed by atoms with Crippen LogP contribution in [0.15, 0.2) is 67.0 Å². The van der Waals surface area contributed by atoms with E-state index in [1.807, 2.05) is 30.3 Å². The zero-order valence-corrected chi connectivity index (χ0v) is 15.6. The molecule has 2 heterocycles. The molecule has 0 radical (unpaired) electrons. The largest absolute Gasteiger partial charge is 0.506 e. The summed E-state index contributed by atoms with van der Waals surface area (Å²) in [6, 6.07) is 16.0. The summed E-state index contributed by atoms with van der Waals surface area (Å²) in [6.45, 7) is -0.598. The van der Waals surface area contributed by atoms with Gasteiger partial charge in [-0.2, -0.15) is 0 Å². The number of hydrogen-bond donors (Lipinski definition) is 3. The minimum Gasteiger partial charge on any atom is -0.506 e. The number of amides is 1. The Morgan fingerprint density at radius 1 is 0.967 bits per heavy atom. The van der Waals surface area contributed by atoms with Gasteiger partial charge in [-0.1, -0.05) is 36.4 Å². The summed E-state index contributed by atoms with van der Waals surface area (Å²) >= 11 is 0. The molecule has 3 N–H and O–H groups in total. The van der Waals surface area contributed by atoms with Crippen LogP contribution >= 0.6 is 0 Å². The number of nitrogens with one attached hydrogen (secondary N) is 1. The van der Waals surface area contributed by atoms with E-state index in [0.717, 1.165) is 5.56 Å². The van der Waals surface area contributed by atoms with Gasteiger partial charge in [0.2, 0.25) is 0 Å². The topological polar surface area (TPSA) is 125 Å². The number of carboxylic acid groups (broad SMARTS) is 1. The molecule has 0 aliphatic heterocycles. The number of nitrogens with zero attached hydrogens (tertiary/aromatic N) is 3. The van der Waals surface area contributed by atoms with Crippen LogP contribution in [0.25, 0.3) is 33.5 Å². The van der Waals surface area contributed by atoms with Crippen LogP contribution in [0, 0.1) is 0 Å². The lowest BCUT2D eigenvalue weighted by Crippen LogP contribution is -2.29. The van der Waals surface area contributed by atoms with E-state index in [9.17, 15) is 14.7 Å². The van der Waals surface area contributed by atoms with Gasteiger partial charge >= 0.3 is 5.97 Å². The smallest absolute Gasteiger partial charge is 0.322 e. The van der Waals surface area contributed by atoms with E-state index in [4.69, 9.17) is 5.11 Å². The Labute approximate surface area is 170 Å². The van der Waals surface area contributed by atoms with Crippen LogP contribution in [0.1, 0.15) is 10.4 Å². The number of pyridine rings is 1. The SMILES string of the molecule is O=C(O)CNC(=O)c1c(O)c(-c2ccccn2)cc2ncc(-c3ccccc3)nc12. The molecule has 0 atom stereocenters. The van der Waals surface area contributed by atoms with Crippen molar-refractivity contribution in [1.29, 1.82) is 0 Å². The Hall–Kier alpha value is -4.33. The summed E-state index contributed by atoms with van der Waals surface area (Å²) in [5.74, 6) is -2.31. The third-order valence-corrected chi connectivity index (χ3v) is 4.45. The molecular weight excluding hydrogens is 384 g/mol. The molecule has 2 aromatic carbocycles. The summed E-state index contributed by atoms with van der Waals surface area (Å²) in [5, 5.41) is 22.1. The van der Waals surface area contributed by atoms with Crippen molar-refractivity contribution < 1.29 is 19.8 Å². The number of fused-ring (bicyclic) bond motifs is 1. The first-order chi connectivity index (χ1) is 14.5. The third-order valence-electron chi connectivity index (χ3n) is 4.45. The minimum absolute atomic E-state index is 0.153. The first kappa shape index (κ1) is 19.0. The van der Waals surface area contributed by atoms with Crippen molar-refractivity contribution in [2.24, 2.45) is 0 Å². The molecule has 0 unspecified atom stereocenters. The van der Waals surface area contributed by atoms with Gasteiger partial charge in [-0.15, -0.1) is 0 Å². The van der Waals surface area contributed by atoms with Gasteiger partial charge < -0.3 is 15.5 Å². The fourth-order valence-electron chi connectivity index (χ4n) is 3.06. The first-order valence-electron chi connectivity index (χ1n) is 9.04. The molecule has 0 aliphatic rings. The van der Waals surface area contributed by atoms with E-state index in [1.165, 1.54) is 0 Å². The number of aromatic nitrogens is 3. The zero-order valence-electron chi connectivity index (χ0n) is 15.6. The van der Waals surface area contributed by atoms with Crippen molar-refractivity contribution >= 4 is 22.9 Å². The molecule has 4 rings (SSSR count). The van der Waals surface area contributed by atoms with E-state index in [2.05, 4.69) is 20.3 Å². The van der Waals surface area contributed by atoms with Crippen molar-refractivity contribution in [2.45, 2.75) is 0 Å². The molecule has 1 amide bonds. The van der Waals surface area contributed by atoms with Crippen LogP contribution in [0.3, 0.4) is 0 Å². The minimum atomic E-state index is -1.20. The predicted molar refractivity (Wildman–Crippen MR) is 110 cm³/mol. The molecule has 4 aromatic rings. The molecule has 0 aliphatic carbocycles. The maximum absolute atomic E-state index is 12.8. The fraction of sp³-hybridized carbons (Fsp3) is 0.0455. The quantitative estimate of drug-likeness (QED) is 0.470. The summed E-state index contributed by atoms with van der Waals surface area (Å²) in [7, 11) is 0. The summed E-state index contributed by atoms with van der Waals surface area (Å²) < 4.78 is 0. The standard InChI is InChI=1S/C22H16N4O4/c27-18(28)12-25-22(30)19-20-16(10-14(21(19)29)15-8-4-5-9-23-15)24-11-17(26-20)13-6-2-1-3-7-13/h1-11,29H,12H2,(H,25,30)(H,27,28). The van der Waals surface area contributed by atoms with Crippen LogP contribution < -0.4 is 5.32 Å². The van der Waals surface area contributed by atoms with Crippen LogP contribution in [0.2, 0.25) is 0 Å². The van der Waals surface area contributed by atoms with Crippen LogP contribution in [0.5, 0.6) is 5.75 Å². The maximum atomic E-state index is 12.8. The molecule has 8 heteroatoms. The Morgan fingerprint density at radius 3 is 2.43 bits per heavy atom. The summed E-state index contributed by atoms with van der Waals surface area (Å²) in [4.78, 5) is 36.9. The fourth-order valence-corrected chi connectivity index (χ4v) is 3.06. The Morgan fingerprint density at radius 2 is 1.73 bits per heavy atom. The molecule has 8 nitrogen and oxygen atoms in total. The monoisotopic (exact) mass is 400 g/mol. The first-order valence-corrected chi connectivity index (χ1v) is 9.04. The second-order valence-corrected chi connectivity index (χ2v) is 6.43. The van der Waals surface area contributed by atoms with Gasteiger partial charge in [-0.25, -0.2) is 4.98 Å². The number of aromatic hydroxyl groups is 1. The normalized spacial score (nSPS) is 10.7. The molecule has 148 valence electrons. The Balaban J connectivity index is 1.94. The van der Waals surface area contributed by atoms with E-state index in [-0.39, 0.29) is 16.8 Å². The number of carboxylic acids is 1. The summed E-state index contributed by atoms with van der Waals surface area (Å²) in [6.07, 6.45) is 3.14. The molecule has 0 saturated carbocycles. The number of carbonyl (C=O) groups is 2. The van der Waals surface area contributed by atoms with Gasteiger partial charge in [0.25, 0.3) is 5.91 Å². The Kier molecular flexibility index (Phi) is 5.04. The number of phenols is 1. The van der Waals surface area contributed by atoms with E-state index < -0.39 is 18.4 Å². The van der Waals surface area contributed by atoms with Crippen molar-refractivity contribution in [3.05, 3.63) is 72.6 Å². The highest BCUT2D eigenvalue weighted by molar-refractivity contribution is 6.10. The number of hydrogen-bond acceptors (Lipinski definition) is 6. The second kappa shape index (κ2) is 7.96. The number of rotatable bonds is 5. The number of carbonyl (C=O) groups excluding carboxylic acids is 1. The molecular formula is C22H16N4O4. The van der Waals surface area contributed by atoms with Gasteiger partial charge in [0.15, 0.2) is 0 Å².